The van der Waals surface area contributed by atoms with Crippen LogP contribution >= 0.6 is 0 Å². The number of imidazole rings is 1. The summed E-state index contributed by atoms with van der Waals surface area (Å²) in [5.41, 5.74) is 2.54. The highest BCUT2D eigenvalue weighted by Crippen LogP contribution is 2.21. The first-order valence-electron chi connectivity index (χ1n) is 9.99. The lowest BCUT2D eigenvalue weighted by Gasteiger charge is -2.13. The minimum atomic E-state index is -3.28. The molecule has 0 spiro atoms. The Bertz CT molecular complexity index is 965. The van der Waals surface area contributed by atoms with Crippen molar-refractivity contribution < 1.29 is 13.2 Å². The van der Waals surface area contributed by atoms with E-state index in [1.165, 1.54) is 43.0 Å². The maximum absolute atomic E-state index is 12.1. The van der Waals surface area contributed by atoms with Gasteiger partial charge >= 0.3 is 0 Å². The van der Waals surface area contributed by atoms with Crippen LogP contribution in [0.5, 0.6) is 0 Å². The molecule has 9 heteroatoms. The van der Waals surface area contributed by atoms with Crippen LogP contribution < -0.4 is 5.32 Å². The number of nitrogens with one attached hydrogen (secondary N) is 2. The van der Waals surface area contributed by atoms with Gasteiger partial charge in [0.15, 0.2) is 5.82 Å². The van der Waals surface area contributed by atoms with Gasteiger partial charge in [-0.05, 0) is 38.5 Å². The second kappa shape index (κ2) is 11.5. The molecule has 0 saturated carbocycles. The van der Waals surface area contributed by atoms with Gasteiger partial charge in [-0.3, -0.25) is 4.79 Å². The number of aromatic amines is 1. The van der Waals surface area contributed by atoms with Crippen molar-refractivity contribution in [3.63, 3.8) is 0 Å². The zero-order valence-corrected chi connectivity index (χ0v) is 18.3. The first-order chi connectivity index (χ1) is 14.3. The summed E-state index contributed by atoms with van der Waals surface area (Å²) in [5, 5.41) is 11.5. The molecule has 2 N–H and O–H groups in total. The first-order valence-corrected chi connectivity index (χ1v) is 11.6. The molecule has 0 saturated heterocycles. The number of H-pyrrole nitrogens is 1. The van der Waals surface area contributed by atoms with E-state index in [4.69, 9.17) is 5.26 Å². The molecule has 1 aliphatic carbocycles. The van der Waals surface area contributed by atoms with Gasteiger partial charge in [-0.1, -0.05) is 35.5 Å². The van der Waals surface area contributed by atoms with Crippen molar-refractivity contribution in [1.29, 1.82) is 5.26 Å². The Morgan fingerprint density at radius 3 is 2.83 bits per heavy atom. The van der Waals surface area contributed by atoms with E-state index in [9.17, 15) is 13.2 Å². The predicted octanol–water partition coefficient (Wildman–Crippen LogP) is 2.67. The topological polar surface area (TPSA) is 119 Å². The van der Waals surface area contributed by atoms with Gasteiger partial charge in [0, 0.05) is 20.6 Å². The van der Waals surface area contributed by atoms with Gasteiger partial charge in [0.25, 0.3) is 5.91 Å². The molecular formula is C21H29N5O3S. The van der Waals surface area contributed by atoms with Crippen molar-refractivity contribution in [2.45, 2.75) is 38.5 Å². The SMILES string of the molecule is CN(C)S(=O)(=O)CCC(/C=C\CNC(=O)c1ncc(C#N)[nH]1)=C/CC1=CCCCC1. The molecule has 1 aliphatic rings. The van der Waals surface area contributed by atoms with Crippen molar-refractivity contribution in [1.82, 2.24) is 19.6 Å². The van der Waals surface area contributed by atoms with Crippen LogP contribution in [0.25, 0.3) is 0 Å². The van der Waals surface area contributed by atoms with E-state index in [1.807, 2.05) is 12.1 Å². The lowest BCUT2D eigenvalue weighted by molar-refractivity contribution is 0.0948. The number of sulfonamides is 1. The third kappa shape index (κ3) is 7.61. The number of carbonyl (C=O) groups excluding carboxylic acids is 1. The Balaban J connectivity index is 1.97. The summed E-state index contributed by atoms with van der Waals surface area (Å²) in [6, 6.07) is 1.88. The molecule has 8 nitrogen and oxygen atoms in total. The lowest BCUT2D eigenvalue weighted by atomic mass is 9.96. The molecule has 1 heterocycles. The molecule has 162 valence electrons. The number of aromatic nitrogens is 2. The number of allylic oxidation sites excluding steroid dienone is 5. The van der Waals surface area contributed by atoms with E-state index in [1.54, 1.807) is 6.08 Å². The number of hydrogen-bond donors (Lipinski definition) is 2. The van der Waals surface area contributed by atoms with Gasteiger partial charge in [-0.25, -0.2) is 17.7 Å². The van der Waals surface area contributed by atoms with E-state index in [2.05, 4.69) is 27.4 Å². The van der Waals surface area contributed by atoms with Crippen LogP contribution in [-0.2, 0) is 10.0 Å². The van der Waals surface area contributed by atoms with Gasteiger partial charge < -0.3 is 10.3 Å². The van der Waals surface area contributed by atoms with Gasteiger partial charge in [-0.15, -0.1) is 0 Å². The smallest absolute Gasteiger partial charge is 0.287 e. The van der Waals surface area contributed by atoms with Crippen LogP contribution in [0.15, 0.2) is 41.6 Å². The highest BCUT2D eigenvalue weighted by molar-refractivity contribution is 7.89. The molecular weight excluding hydrogens is 402 g/mol. The van der Waals surface area contributed by atoms with Gasteiger partial charge in [0.2, 0.25) is 10.0 Å². The predicted molar refractivity (Wildman–Crippen MR) is 116 cm³/mol. The third-order valence-corrected chi connectivity index (χ3v) is 6.67. The number of carbonyl (C=O) groups is 1. The Morgan fingerprint density at radius 1 is 1.40 bits per heavy atom. The molecule has 30 heavy (non-hydrogen) atoms. The Hall–Kier alpha value is -2.70. The maximum atomic E-state index is 12.1. The van der Waals surface area contributed by atoms with Crippen molar-refractivity contribution in [2.24, 2.45) is 0 Å². The van der Waals surface area contributed by atoms with E-state index in [-0.39, 0.29) is 23.8 Å². The summed E-state index contributed by atoms with van der Waals surface area (Å²) < 4.78 is 25.5. The fraction of sp³-hybridized carbons (Fsp3) is 0.476. The lowest BCUT2D eigenvalue weighted by Crippen LogP contribution is -2.25. The fourth-order valence-corrected chi connectivity index (χ4v) is 3.83. The molecule has 0 atom stereocenters. The third-order valence-electron chi connectivity index (χ3n) is 4.84. The van der Waals surface area contributed by atoms with Crippen LogP contribution in [0.2, 0.25) is 0 Å². The molecule has 0 unspecified atom stereocenters. The Morgan fingerprint density at radius 2 is 2.20 bits per heavy atom. The standard InChI is InChI=1S/C21H29N5O3S/c1-26(2)30(28,29)14-12-18(11-10-17-7-4-3-5-8-17)9-6-13-23-21(27)20-24-16-19(15-22)25-20/h6-7,9,11,16H,3-5,8,10,12-14H2,1-2H3,(H,23,27)(H,24,25)/b9-6-,18-11+. The zero-order chi connectivity index (χ0) is 22.0. The summed E-state index contributed by atoms with van der Waals surface area (Å²) in [7, 11) is -0.219. The monoisotopic (exact) mass is 431 g/mol. The summed E-state index contributed by atoms with van der Waals surface area (Å²) in [6.07, 6.45) is 15.1. The highest BCUT2D eigenvalue weighted by atomic mass is 32.2. The number of rotatable bonds is 10. The molecule has 1 amide bonds. The number of nitriles is 1. The normalized spacial score (nSPS) is 15.3. The highest BCUT2D eigenvalue weighted by Gasteiger charge is 2.14. The largest absolute Gasteiger partial charge is 0.346 e. The number of hydrogen-bond acceptors (Lipinski definition) is 5. The number of amides is 1. The summed E-state index contributed by atoms with van der Waals surface area (Å²) in [4.78, 5) is 18.5. The van der Waals surface area contributed by atoms with Crippen molar-refractivity contribution in [2.75, 3.05) is 26.4 Å². The quantitative estimate of drug-likeness (QED) is 0.436. The van der Waals surface area contributed by atoms with Gasteiger partial charge in [-0.2, -0.15) is 5.26 Å². The van der Waals surface area contributed by atoms with E-state index >= 15 is 0 Å². The fourth-order valence-electron chi connectivity index (χ4n) is 2.97. The van der Waals surface area contributed by atoms with E-state index in [0.29, 0.717) is 6.42 Å². The van der Waals surface area contributed by atoms with Crippen LogP contribution in [0.1, 0.15) is 54.8 Å². The molecule has 0 bridgehead atoms. The minimum absolute atomic E-state index is 0.0327. The zero-order valence-electron chi connectivity index (χ0n) is 17.5. The van der Waals surface area contributed by atoms with Gasteiger partial charge in [0.05, 0.1) is 11.9 Å². The molecule has 1 aromatic heterocycles. The summed E-state index contributed by atoms with van der Waals surface area (Å²) in [5.74, 6) is -0.295. The second-order valence-corrected chi connectivity index (χ2v) is 9.61. The molecule has 0 aromatic carbocycles. The van der Waals surface area contributed by atoms with Crippen molar-refractivity contribution >= 4 is 15.9 Å². The summed E-state index contributed by atoms with van der Waals surface area (Å²) in [6.45, 7) is 0.266. The molecule has 0 fully saturated rings. The van der Waals surface area contributed by atoms with Crippen molar-refractivity contribution in [3.05, 3.63) is 53.2 Å². The van der Waals surface area contributed by atoms with Crippen LogP contribution in [-0.4, -0.2) is 55.0 Å². The second-order valence-electron chi connectivity index (χ2n) is 7.31. The van der Waals surface area contributed by atoms with E-state index in [0.717, 1.165) is 24.8 Å². The van der Waals surface area contributed by atoms with Crippen molar-refractivity contribution in [3.8, 4) is 6.07 Å². The Kier molecular flexibility index (Phi) is 9.02. The molecule has 1 aromatic rings. The number of nitrogens with zero attached hydrogens (tertiary/aromatic N) is 3. The molecule has 0 radical (unpaired) electrons. The average molecular weight is 432 g/mol. The first kappa shape index (κ1) is 23.6. The van der Waals surface area contributed by atoms with Gasteiger partial charge in [0.1, 0.15) is 11.8 Å². The maximum Gasteiger partial charge on any atom is 0.287 e. The molecule has 2 rings (SSSR count). The van der Waals surface area contributed by atoms with Crippen LogP contribution in [0.3, 0.4) is 0 Å². The average Bonchev–Trinajstić information content (AvgIpc) is 3.22. The Labute approximate surface area is 178 Å². The summed E-state index contributed by atoms with van der Waals surface area (Å²) >= 11 is 0. The van der Waals surface area contributed by atoms with Crippen LogP contribution in [0, 0.1) is 11.3 Å². The van der Waals surface area contributed by atoms with E-state index < -0.39 is 15.9 Å². The van der Waals surface area contributed by atoms with Crippen LogP contribution in [0.4, 0.5) is 0 Å². The minimum Gasteiger partial charge on any atom is -0.346 e. The molecule has 0 aliphatic heterocycles.